The molecule has 4 heteroatoms. The molecule has 1 aromatic carbocycles. The normalized spacial score (nSPS) is 11.5. The molecule has 0 spiro atoms. The van der Waals surface area contributed by atoms with Gasteiger partial charge in [0.05, 0.1) is 6.07 Å². The maximum atomic E-state index is 10.6. The minimum absolute atomic E-state index is 0.373. The van der Waals surface area contributed by atoms with Gasteiger partial charge < -0.3 is 10.5 Å². The molecule has 0 saturated heterocycles. The van der Waals surface area contributed by atoms with Crippen LogP contribution in [0.4, 0.5) is 0 Å². The zero-order valence-electron chi connectivity index (χ0n) is 7.73. The number of hydrogen-bond donors (Lipinski definition) is 1. The monoisotopic (exact) mass is 190 g/mol. The van der Waals surface area contributed by atoms with Crippen molar-refractivity contribution >= 4 is 5.97 Å². The van der Waals surface area contributed by atoms with Crippen molar-refractivity contribution in [2.24, 2.45) is 5.73 Å². The zero-order valence-corrected chi connectivity index (χ0v) is 7.73. The van der Waals surface area contributed by atoms with Crippen molar-refractivity contribution in [3.05, 3.63) is 29.8 Å². The van der Waals surface area contributed by atoms with E-state index < -0.39 is 6.04 Å². The first kappa shape index (κ1) is 10.2. The zero-order chi connectivity index (χ0) is 10.6. The van der Waals surface area contributed by atoms with E-state index in [1.54, 1.807) is 24.3 Å². The van der Waals surface area contributed by atoms with Gasteiger partial charge in [-0.3, -0.25) is 4.79 Å². The number of nitrogens with two attached hydrogens (primary N) is 1. The lowest BCUT2D eigenvalue weighted by Crippen LogP contribution is -2.07. The van der Waals surface area contributed by atoms with Crippen molar-refractivity contribution in [3.8, 4) is 11.8 Å². The van der Waals surface area contributed by atoms with Crippen LogP contribution < -0.4 is 10.5 Å². The van der Waals surface area contributed by atoms with Crippen molar-refractivity contribution in [1.82, 2.24) is 0 Å². The van der Waals surface area contributed by atoms with Gasteiger partial charge in [-0.2, -0.15) is 5.26 Å². The second-order valence-corrected chi connectivity index (χ2v) is 2.77. The summed E-state index contributed by atoms with van der Waals surface area (Å²) >= 11 is 0. The van der Waals surface area contributed by atoms with E-state index in [1.807, 2.05) is 6.07 Å². The highest BCUT2D eigenvalue weighted by molar-refractivity contribution is 5.69. The van der Waals surface area contributed by atoms with E-state index in [1.165, 1.54) is 6.92 Å². The van der Waals surface area contributed by atoms with Crippen molar-refractivity contribution < 1.29 is 9.53 Å². The molecule has 1 aromatic rings. The molecule has 0 aliphatic heterocycles. The maximum Gasteiger partial charge on any atom is 0.308 e. The summed E-state index contributed by atoms with van der Waals surface area (Å²) < 4.78 is 4.82. The molecule has 1 rings (SSSR count). The van der Waals surface area contributed by atoms with Crippen LogP contribution >= 0.6 is 0 Å². The largest absolute Gasteiger partial charge is 0.427 e. The van der Waals surface area contributed by atoms with E-state index in [2.05, 4.69) is 0 Å². The molecular weight excluding hydrogens is 180 g/mol. The summed E-state index contributed by atoms with van der Waals surface area (Å²) in [6.07, 6.45) is 0. The number of ether oxygens (including phenoxy) is 1. The third-order valence-corrected chi connectivity index (χ3v) is 1.64. The maximum absolute atomic E-state index is 10.6. The molecule has 4 nitrogen and oxygen atoms in total. The minimum Gasteiger partial charge on any atom is -0.427 e. The van der Waals surface area contributed by atoms with E-state index in [0.717, 1.165) is 0 Å². The van der Waals surface area contributed by atoms with Gasteiger partial charge in [-0.25, -0.2) is 0 Å². The molecule has 0 unspecified atom stereocenters. The second kappa shape index (κ2) is 4.40. The van der Waals surface area contributed by atoms with Gasteiger partial charge in [0, 0.05) is 6.92 Å². The highest BCUT2D eigenvalue weighted by atomic mass is 16.5. The highest BCUT2D eigenvalue weighted by Gasteiger charge is 2.04. The lowest BCUT2D eigenvalue weighted by molar-refractivity contribution is -0.131. The van der Waals surface area contributed by atoms with Crippen LogP contribution in [0.3, 0.4) is 0 Å². The van der Waals surface area contributed by atoms with Gasteiger partial charge in [0.1, 0.15) is 11.8 Å². The van der Waals surface area contributed by atoms with Gasteiger partial charge in [-0.05, 0) is 17.7 Å². The summed E-state index contributed by atoms with van der Waals surface area (Å²) in [5, 5.41) is 8.54. The third kappa shape index (κ3) is 2.57. The van der Waals surface area contributed by atoms with Crippen LogP contribution in [0.1, 0.15) is 18.5 Å². The van der Waals surface area contributed by atoms with Gasteiger partial charge in [0.15, 0.2) is 0 Å². The predicted molar refractivity (Wildman–Crippen MR) is 50.3 cm³/mol. The molecule has 2 N–H and O–H groups in total. The predicted octanol–water partition coefficient (Wildman–Crippen LogP) is 1.14. The smallest absolute Gasteiger partial charge is 0.308 e. The molecular formula is C10H10N2O2. The number of esters is 1. The third-order valence-electron chi connectivity index (χ3n) is 1.64. The van der Waals surface area contributed by atoms with Crippen LogP contribution in [0.25, 0.3) is 0 Å². The molecule has 0 amide bonds. The second-order valence-electron chi connectivity index (χ2n) is 2.77. The Hall–Kier alpha value is -1.86. The molecule has 0 aliphatic rings. The molecule has 0 bridgehead atoms. The fourth-order valence-electron chi connectivity index (χ4n) is 0.984. The highest BCUT2D eigenvalue weighted by Crippen LogP contribution is 2.15. The molecule has 14 heavy (non-hydrogen) atoms. The van der Waals surface area contributed by atoms with Gasteiger partial charge in [0.2, 0.25) is 0 Å². The lowest BCUT2D eigenvalue weighted by Gasteiger charge is -2.04. The molecule has 72 valence electrons. The first-order valence-corrected chi connectivity index (χ1v) is 4.07. The molecule has 0 saturated carbocycles. The average molecular weight is 190 g/mol. The summed E-state index contributed by atoms with van der Waals surface area (Å²) in [5.41, 5.74) is 6.17. The van der Waals surface area contributed by atoms with Crippen LogP contribution in [0.2, 0.25) is 0 Å². The van der Waals surface area contributed by atoms with Crippen LogP contribution in [0.5, 0.6) is 5.75 Å². The Morgan fingerprint density at radius 1 is 1.50 bits per heavy atom. The summed E-state index contributed by atoms with van der Waals surface area (Å²) in [7, 11) is 0. The standard InChI is InChI=1S/C10H10N2O2/c1-7(13)14-9-4-2-8(3-5-9)10(12)6-11/h2-5,10H,12H2,1H3/t10-/m0/s1. The molecule has 1 atom stereocenters. The minimum atomic E-state index is -0.638. The van der Waals surface area contributed by atoms with Crippen molar-refractivity contribution in [2.75, 3.05) is 0 Å². The number of rotatable bonds is 2. The summed E-state index contributed by atoms with van der Waals surface area (Å²) in [6, 6.07) is 7.80. The van der Waals surface area contributed by atoms with E-state index >= 15 is 0 Å². The van der Waals surface area contributed by atoms with Crippen LogP contribution in [-0.4, -0.2) is 5.97 Å². The summed E-state index contributed by atoms with van der Waals surface area (Å²) in [6.45, 7) is 1.33. The fraction of sp³-hybridized carbons (Fsp3) is 0.200. The van der Waals surface area contributed by atoms with E-state index in [4.69, 9.17) is 15.7 Å². The SMILES string of the molecule is CC(=O)Oc1ccc([C@@H](N)C#N)cc1. The number of benzene rings is 1. The molecule has 0 fully saturated rings. The van der Waals surface area contributed by atoms with Gasteiger partial charge in [-0.1, -0.05) is 12.1 Å². The average Bonchev–Trinajstić information content (AvgIpc) is 2.17. The van der Waals surface area contributed by atoms with E-state index in [0.29, 0.717) is 11.3 Å². The number of carbonyl (C=O) groups excluding carboxylic acids is 1. The van der Waals surface area contributed by atoms with Gasteiger partial charge in [0.25, 0.3) is 0 Å². The number of nitrogens with zero attached hydrogens (tertiary/aromatic N) is 1. The Kier molecular flexibility index (Phi) is 3.21. The van der Waals surface area contributed by atoms with Gasteiger partial charge in [-0.15, -0.1) is 0 Å². The number of carbonyl (C=O) groups is 1. The molecule has 0 aromatic heterocycles. The molecule has 0 heterocycles. The first-order valence-electron chi connectivity index (χ1n) is 4.07. The topological polar surface area (TPSA) is 76.1 Å². The van der Waals surface area contributed by atoms with Gasteiger partial charge >= 0.3 is 5.97 Å². The van der Waals surface area contributed by atoms with Crippen molar-refractivity contribution in [3.63, 3.8) is 0 Å². The Balaban J connectivity index is 2.79. The number of nitriles is 1. The van der Waals surface area contributed by atoms with Crippen LogP contribution in [0, 0.1) is 11.3 Å². The van der Waals surface area contributed by atoms with Crippen molar-refractivity contribution in [1.29, 1.82) is 5.26 Å². The number of hydrogen-bond acceptors (Lipinski definition) is 4. The van der Waals surface area contributed by atoms with E-state index in [-0.39, 0.29) is 5.97 Å². The Morgan fingerprint density at radius 2 is 2.07 bits per heavy atom. The molecule has 0 aliphatic carbocycles. The summed E-state index contributed by atoms with van der Waals surface area (Å²) in [4.78, 5) is 10.6. The van der Waals surface area contributed by atoms with E-state index in [9.17, 15) is 4.79 Å². The lowest BCUT2D eigenvalue weighted by atomic mass is 10.1. The first-order chi connectivity index (χ1) is 6.63. The van der Waals surface area contributed by atoms with Crippen LogP contribution in [-0.2, 0) is 4.79 Å². The molecule has 0 radical (unpaired) electrons. The Bertz CT molecular complexity index is 365. The fourth-order valence-corrected chi connectivity index (χ4v) is 0.984. The Labute approximate surface area is 81.9 Å². The van der Waals surface area contributed by atoms with Crippen LogP contribution in [0.15, 0.2) is 24.3 Å². The van der Waals surface area contributed by atoms with Crippen molar-refractivity contribution in [2.45, 2.75) is 13.0 Å². The quantitative estimate of drug-likeness (QED) is 0.560. The summed E-state index contributed by atoms with van der Waals surface area (Å²) in [5.74, 6) is 0.0775. The Morgan fingerprint density at radius 3 is 2.50 bits per heavy atom.